The first kappa shape index (κ1) is 17.9. The zero-order valence-electron chi connectivity index (χ0n) is 12.9. The second-order valence-corrected chi connectivity index (χ2v) is 5.83. The van der Waals surface area contributed by atoms with Gasteiger partial charge in [0.2, 0.25) is 0 Å². The van der Waals surface area contributed by atoms with E-state index in [0.717, 1.165) is 6.54 Å². The number of unbranched alkanes of at least 4 members (excludes halogenated alkanes) is 11. The third-order valence-corrected chi connectivity index (χ3v) is 3.56. The van der Waals surface area contributed by atoms with Gasteiger partial charge in [0.05, 0.1) is 0 Å². The van der Waals surface area contributed by atoms with Gasteiger partial charge in [-0.05, 0) is 40.0 Å². The number of nitrogens with zero attached hydrogens (tertiary/aromatic N) is 1. The number of nitrogens with two attached hydrogens (primary N) is 1. The largest absolute Gasteiger partial charge is 0.330 e. The van der Waals surface area contributed by atoms with Crippen LogP contribution in [0.4, 0.5) is 0 Å². The number of rotatable bonds is 14. The second kappa shape index (κ2) is 15.0. The highest BCUT2D eigenvalue weighted by atomic mass is 15.0. The lowest BCUT2D eigenvalue weighted by Gasteiger charge is -2.08. The molecule has 0 amide bonds. The maximum Gasteiger partial charge on any atom is -0.00248 e. The zero-order chi connectivity index (χ0) is 13.5. The van der Waals surface area contributed by atoms with Crippen molar-refractivity contribution in [3.8, 4) is 0 Å². The van der Waals surface area contributed by atoms with E-state index in [1.165, 1.54) is 83.6 Å². The van der Waals surface area contributed by atoms with E-state index in [4.69, 9.17) is 5.73 Å². The topological polar surface area (TPSA) is 29.3 Å². The predicted molar refractivity (Wildman–Crippen MR) is 83.0 cm³/mol. The summed E-state index contributed by atoms with van der Waals surface area (Å²) >= 11 is 0. The van der Waals surface area contributed by atoms with Crippen molar-refractivity contribution >= 4 is 0 Å². The average molecular weight is 256 g/mol. The summed E-state index contributed by atoms with van der Waals surface area (Å²) in [6.07, 6.45) is 16.8. The standard InChI is InChI=1S/C16H36N2/c1-18(2)16-14-12-10-8-6-4-3-5-7-9-11-13-15-17/h3-17H2,1-2H3. The normalized spacial score (nSPS) is 11.3. The molecule has 0 aliphatic carbocycles. The molecule has 0 radical (unpaired) electrons. The summed E-state index contributed by atoms with van der Waals surface area (Å²) in [5.74, 6) is 0. The monoisotopic (exact) mass is 256 g/mol. The minimum absolute atomic E-state index is 0.869. The van der Waals surface area contributed by atoms with Crippen molar-refractivity contribution in [2.75, 3.05) is 27.2 Å². The Kier molecular flexibility index (Phi) is 14.9. The van der Waals surface area contributed by atoms with Crippen LogP contribution in [-0.4, -0.2) is 32.1 Å². The molecule has 0 fully saturated rings. The Balaban J connectivity index is 2.90. The Bertz CT molecular complexity index is 146. The summed E-state index contributed by atoms with van der Waals surface area (Å²) in [6.45, 7) is 2.12. The number of hydrogen-bond acceptors (Lipinski definition) is 2. The van der Waals surface area contributed by atoms with Crippen LogP contribution in [0, 0.1) is 0 Å². The molecule has 0 unspecified atom stereocenters. The molecule has 0 spiro atoms. The molecule has 0 aromatic carbocycles. The Morgan fingerprint density at radius 1 is 0.556 bits per heavy atom. The molecule has 18 heavy (non-hydrogen) atoms. The maximum atomic E-state index is 5.47. The lowest BCUT2D eigenvalue weighted by Crippen LogP contribution is -2.12. The minimum Gasteiger partial charge on any atom is -0.330 e. The fourth-order valence-corrected chi connectivity index (χ4v) is 2.34. The molecule has 0 aliphatic rings. The van der Waals surface area contributed by atoms with Gasteiger partial charge in [-0.25, -0.2) is 0 Å². The molecule has 2 nitrogen and oxygen atoms in total. The van der Waals surface area contributed by atoms with Crippen molar-refractivity contribution in [1.29, 1.82) is 0 Å². The fourth-order valence-electron chi connectivity index (χ4n) is 2.34. The molecule has 0 aromatic heterocycles. The van der Waals surface area contributed by atoms with Crippen LogP contribution in [-0.2, 0) is 0 Å². The second-order valence-electron chi connectivity index (χ2n) is 5.83. The third kappa shape index (κ3) is 15.9. The van der Waals surface area contributed by atoms with E-state index in [2.05, 4.69) is 19.0 Å². The molecular weight excluding hydrogens is 220 g/mol. The van der Waals surface area contributed by atoms with E-state index < -0.39 is 0 Å². The summed E-state index contributed by atoms with van der Waals surface area (Å²) in [6, 6.07) is 0. The third-order valence-electron chi connectivity index (χ3n) is 3.56. The summed E-state index contributed by atoms with van der Waals surface area (Å²) in [5.41, 5.74) is 5.47. The fraction of sp³-hybridized carbons (Fsp3) is 1.00. The Labute approximate surface area is 115 Å². The van der Waals surface area contributed by atoms with E-state index in [1.54, 1.807) is 0 Å². The van der Waals surface area contributed by atoms with Crippen LogP contribution in [0.2, 0.25) is 0 Å². The van der Waals surface area contributed by atoms with Crippen LogP contribution in [0.1, 0.15) is 77.0 Å². The van der Waals surface area contributed by atoms with Gasteiger partial charge < -0.3 is 10.6 Å². The van der Waals surface area contributed by atoms with Gasteiger partial charge in [0.1, 0.15) is 0 Å². The molecule has 0 saturated heterocycles. The summed E-state index contributed by atoms with van der Waals surface area (Å²) in [4.78, 5) is 2.28. The quantitative estimate of drug-likeness (QED) is 0.472. The van der Waals surface area contributed by atoms with Crippen LogP contribution in [0.25, 0.3) is 0 Å². The van der Waals surface area contributed by atoms with Gasteiger partial charge in [0.15, 0.2) is 0 Å². The predicted octanol–water partition coefficient (Wildman–Crippen LogP) is 4.19. The van der Waals surface area contributed by atoms with E-state index in [-0.39, 0.29) is 0 Å². The molecule has 0 rings (SSSR count). The lowest BCUT2D eigenvalue weighted by atomic mass is 10.1. The van der Waals surface area contributed by atoms with Crippen molar-refractivity contribution in [2.45, 2.75) is 77.0 Å². The van der Waals surface area contributed by atoms with Gasteiger partial charge in [-0.3, -0.25) is 0 Å². The minimum atomic E-state index is 0.869. The highest BCUT2D eigenvalue weighted by molar-refractivity contribution is 4.50. The van der Waals surface area contributed by atoms with Crippen molar-refractivity contribution < 1.29 is 0 Å². The molecule has 0 aliphatic heterocycles. The van der Waals surface area contributed by atoms with Gasteiger partial charge in [-0.15, -0.1) is 0 Å². The van der Waals surface area contributed by atoms with Crippen LogP contribution in [0.15, 0.2) is 0 Å². The van der Waals surface area contributed by atoms with Crippen molar-refractivity contribution in [1.82, 2.24) is 4.90 Å². The van der Waals surface area contributed by atoms with E-state index in [1.807, 2.05) is 0 Å². The molecule has 2 heteroatoms. The average Bonchev–Trinajstić information content (AvgIpc) is 2.34. The maximum absolute atomic E-state index is 5.47. The molecule has 0 bridgehead atoms. The van der Waals surface area contributed by atoms with Gasteiger partial charge in [0.25, 0.3) is 0 Å². The molecule has 110 valence electrons. The Morgan fingerprint density at radius 2 is 0.889 bits per heavy atom. The van der Waals surface area contributed by atoms with Crippen molar-refractivity contribution in [3.05, 3.63) is 0 Å². The lowest BCUT2D eigenvalue weighted by molar-refractivity contribution is 0.389. The van der Waals surface area contributed by atoms with E-state index in [9.17, 15) is 0 Å². The smallest absolute Gasteiger partial charge is 0.00248 e. The van der Waals surface area contributed by atoms with Crippen molar-refractivity contribution in [2.24, 2.45) is 5.73 Å². The van der Waals surface area contributed by atoms with Gasteiger partial charge >= 0.3 is 0 Å². The highest BCUT2D eigenvalue weighted by Crippen LogP contribution is 2.11. The van der Waals surface area contributed by atoms with Gasteiger partial charge in [-0.2, -0.15) is 0 Å². The van der Waals surface area contributed by atoms with Crippen LogP contribution < -0.4 is 5.73 Å². The molecule has 0 atom stereocenters. The van der Waals surface area contributed by atoms with Crippen LogP contribution in [0.5, 0.6) is 0 Å². The summed E-state index contributed by atoms with van der Waals surface area (Å²) in [5, 5.41) is 0. The van der Waals surface area contributed by atoms with E-state index >= 15 is 0 Å². The first-order valence-electron chi connectivity index (χ1n) is 8.12. The molecule has 0 saturated carbocycles. The highest BCUT2D eigenvalue weighted by Gasteiger charge is 1.94. The SMILES string of the molecule is CN(C)CCCCCCCCCCCCCCN. The van der Waals surface area contributed by atoms with Gasteiger partial charge in [-0.1, -0.05) is 64.2 Å². The van der Waals surface area contributed by atoms with Crippen LogP contribution >= 0.6 is 0 Å². The molecule has 2 N–H and O–H groups in total. The Morgan fingerprint density at radius 3 is 1.22 bits per heavy atom. The molecule has 0 aromatic rings. The van der Waals surface area contributed by atoms with E-state index in [0.29, 0.717) is 0 Å². The number of hydrogen-bond donors (Lipinski definition) is 1. The summed E-state index contributed by atoms with van der Waals surface area (Å²) in [7, 11) is 4.32. The molecular formula is C16H36N2. The molecule has 0 heterocycles. The van der Waals surface area contributed by atoms with Crippen LogP contribution in [0.3, 0.4) is 0 Å². The first-order valence-corrected chi connectivity index (χ1v) is 8.12. The van der Waals surface area contributed by atoms with Crippen molar-refractivity contribution in [3.63, 3.8) is 0 Å². The first-order chi connectivity index (χ1) is 8.77. The Hall–Kier alpha value is -0.0800. The zero-order valence-corrected chi connectivity index (χ0v) is 12.9. The summed E-state index contributed by atoms with van der Waals surface area (Å²) < 4.78 is 0. The van der Waals surface area contributed by atoms with Gasteiger partial charge in [0, 0.05) is 0 Å².